The van der Waals surface area contributed by atoms with Gasteiger partial charge in [0.25, 0.3) is 0 Å². The normalized spacial score (nSPS) is 20.4. The lowest BCUT2D eigenvalue weighted by atomic mass is 10.1. The molecule has 1 saturated carbocycles. The van der Waals surface area contributed by atoms with E-state index in [1.54, 1.807) is 4.90 Å². The number of halogens is 1. The van der Waals surface area contributed by atoms with E-state index < -0.39 is 22.5 Å². The van der Waals surface area contributed by atoms with Crippen LogP contribution < -0.4 is 15.0 Å². The molecule has 1 aromatic rings. The maximum Gasteiger partial charge on any atom is 0.313 e. The van der Waals surface area contributed by atoms with Gasteiger partial charge in [0, 0.05) is 18.7 Å². The third kappa shape index (κ3) is 3.06. The maximum absolute atomic E-state index is 14.4. The Bertz CT molecular complexity index is 648. The zero-order valence-electron chi connectivity index (χ0n) is 12.8. The number of nitrogens with one attached hydrogen (secondary N) is 1. The van der Waals surface area contributed by atoms with Gasteiger partial charge in [0.05, 0.1) is 23.8 Å². The summed E-state index contributed by atoms with van der Waals surface area (Å²) in [5.74, 6) is -0.843. The predicted octanol–water partition coefficient (Wildman–Crippen LogP) is 1.99. The Morgan fingerprint density at radius 3 is 2.78 bits per heavy atom. The van der Waals surface area contributed by atoms with E-state index in [4.69, 9.17) is 4.74 Å². The number of nitrogens with zero attached hydrogens (tertiary/aromatic N) is 2. The molecule has 1 unspecified atom stereocenters. The Morgan fingerprint density at radius 2 is 2.17 bits per heavy atom. The van der Waals surface area contributed by atoms with Crippen molar-refractivity contribution in [3.05, 3.63) is 28.1 Å². The molecule has 1 heterocycles. The molecule has 0 spiro atoms. The van der Waals surface area contributed by atoms with Crippen LogP contribution in [-0.4, -0.2) is 36.6 Å². The summed E-state index contributed by atoms with van der Waals surface area (Å²) in [6.07, 6.45) is 3.37. The summed E-state index contributed by atoms with van der Waals surface area (Å²) in [6.45, 7) is 0.528. The number of methoxy groups -OCH3 is 1. The van der Waals surface area contributed by atoms with Crippen molar-refractivity contribution in [3.8, 4) is 5.75 Å². The number of ether oxygens (including phenoxy) is 1. The Hall–Kier alpha value is -2.38. The van der Waals surface area contributed by atoms with E-state index in [9.17, 15) is 19.3 Å². The van der Waals surface area contributed by atoms with Crippen molar-refractivity contribution >= 4 is 17.3 Å². The van der Waals surface area contributed by atoms with Crippen LogP contribution in [-0.2, 0) is 4.79 Å². The predicted molar refractivity (Wildman–Crippen MR) is 81.1 cm³/mol. The van der Waals surface area contributed by atoms with Crippen LogP contribution in [0, 0.1) is 15.9 Å². The number of nitro benzene ring substituents is 1. The van der Waals surface area contributed by atoms with Gasteiger partial charge in [-0.2, -0.15) is 0 Å². The maximum atomic E-state index is 14.4. The topological polar surface area (TPSA) is 84.7 Å². The van der Waals surface area contributed by atoms with Crippen molar-refractivity contribution in [2.24, 2.45) is 0 Å². The van der Waals surface area contributed by atoms with Crippen molar-refractivity contribution in [2.45, 2.75) is 37.8 Å². The fourth-order valence-corrected chi connectivity index (χ4v) is 2.91. The molecule has 2 fully saturated rings. The number of hydrogen-bond donors (Lipinski definition) is 1. The molecule has 1 aliphatic carbocycles. The van der Waals surface area contributed by atoms with Gasteiger partial charge in [-0.15, -0.1) is 0 Å². The molecule has 1 N–H and O–H groups in total. The molecule has 23 heavy (non-hydrogen) atoms. The zero-order valence-corrected chi connectivity index (χ0v) is 12.8. The van der Waals surface area contributed by atoms with Gasteiger partial charge in [0.1, 0.15) is 6.04 Å². The van der Waals surface area contributed by atoms with Gasteiger partial charge in [-0.3, -0.25) is 14.9 Å². The van der Waals surface area contributed by atoms with Crippen molar-refractivity contribution in [1.29, 1.82) is 0 Å². The largest absolute Gasteiger partial charge is 0.490 e. The molecule has 3 rings (SSSR count). The summed E-state index contributed by atoms with van der Waals surface area (Å²) in [5.41, 5.74) is -0.257. The Morgan fingerprint density at radius 1 is 1.43 bits per heavy atom. The van der Waals surface area contributed by atoms with E-state index >= 15 is 0 Å². The molecule has 1 aliphatic heterocycles. The number of hydrogen-bond acceptors (Lipinski definition) is 5. The second-order valence-electron chi connectivity index (χ2n) is 5.87. The molecule has 8 heteroatoms. The summed E-state index contributed by atoms with van der Waals surface area (Å²) in [5, 5.41) is 13.9. The second kappa shape index (κ2) is 6.02. The van der Waals surface area contributed by atoms with Crippen LogP contribution >= 0.6 is 0 Å². The highest BCUT2D eigenvalue weighted by molar-refractivity contribution is 5.86. The van der Waals surface area contributed by atoms with Crippen LogP contribution in [0.4, 0.5) is 15.8 Å². The molecule has 2 aliphatic rings. The van der Waals surface area contributed by atoms with Gasteiger partial charge in [-0.25, -0.2) is 4.39 Å². The summed E-state index contributed by atoms with van der Waals surface area (Å²) < 4.78 is 19.4. The minimum atomic E-state index is -0.719. The fourth-order valence-electron chi connectivity index (χ4n) is 2.91. The summed E-state index contributed by atoms with van der Waals surface area (Å²) in [4.78, 5) is 24.2. The lowest BCUT2D eigenvalue weighted by Gasteiger charge is -2.26. The quantitative estimate of drug-likeness (QED) is 0.662. The molecule has 0 radical (unpaired) electrons. The number of benzene rings is 1. The number of rotatable bonds is 5. The van der Waals surface area contributed by atoms with Crippen LogP contribution in [0.5, 0.6) is 5.75 Å². The average molecular weight is 323 g/mol. The Kier molecular flexibility index (Phi) is 4.06. The van der Waals surface area contributed by atoms with Gasteiger partial charge in [-0.1, -0.05) is 0 Å². The SMILES string of the molecule is COc1cc(N2CCCC2C(=O)NC2CC2)c(F)cc1[N+](=O)[O-]. The van der Waals surface area contributed by atoms with E-state index in [1.807, 2.05) is 0 Å². The number of nitro groups is 1. The molecule has 0 bridgehead atoms. The molecular formula is C15H18FN3O4. The Balaban J connectivity index is 1.89. The minimum absolute atomic E-state index is 0.0142. The smallest absolute Gasteiger partial charge is 0.313 e. The van der Waals surface area contributed by atoms with Crippen molar-refractivity contribution in [1.82, 2.24) is 5.32 Å². The first kappa shape index (κ1) is 15.5. The highest BCUT2D eigenvalue weighted by atomic mass is 19.1. The van der Waals surface area contributed by atoms with Crippen LogP contribution in [0.15, 0.2) is 12.1 Å². The van der Waals surface area contributed by atoms with Gasteiger partial charge in [0.2, 0.25) is 5.91 Å². The van der Waals surface area contributed by atoms with Crippen LogP contribution in [0.2, 0.25) is 0 Å². The highest BCUT2D eigenvalue weighted by Crippen LogP contribution is 2.37. The first-order valence-electron chi connectivity index (χ1n) is 7.60. The minimum Gasteiger partial charge on any atom is -0.490 e. The molecule has 7 nitrogen and oxygen atoms in total. The van der Waals surface area contributed by atoms with E-state index in [1.165, 1.54) is 13.2 Å². The van der Waals surface area contributed by atoms with Gasteiger partial charge >= 0.3 is 5.69 Å². The van der Waals surface area contributed by atoms with E-state index in [0.717, 1.165) is 25.3 Å². The standard InChI is InChI=1S/C15H18FN3O4/c1-23-14-8-12(10(16)7-13(14)19(21)22)18-6-2-3-11(18)15(20)17-9-4-5-9/h7-9,11H,2-6H2,1H3,(H,17,20). The number of carbonyl (C=O) groups is 1. The number of anilines is 1. The lowest BCUT2D eigenvalue weighted by Crippen LogP contribution is -2.44. The highest BCUT2D eigenvalue weighted by Gasteiger charge is 2.36. The van der Waals surface area contributed by atoms with Gasteiger partial charge in [-0.05, 0) is 25.7 Å². The van der Waals surface area contributed by atoms with E-state index in [-0.39, 0.29) is 23.4 Å². The fraction of sp³-hybridized carbons (Fsp3) is 0.533. The molecule has 1 saturated heterocycles. The van der Waals surface area contributed by atoms with Crippen molar-refractivity contribution in [3.63, 3.8) is 0 Å². The van der Waals surface area contributed by atoms with E-state index in [2.05, 4.69) is 5.32 Å². The molecule has 1 amide bonds. The van der Waals surface area contributed by atoms with Crippen LogP contribution in [0.1, 0.15) is 25.7 Å². The molecule has 0 aromatic heterocycles. The molecule has 1 aromatic carbocycles. The third-order valence-electron chi connectivity index (χ3n) is 4.23. The summed E-state index contributed by atoms with van der Waals surface area (Å²) in [7, 11) is 1.30. The summed E-state index contributed by atoms with van der Waals surface area (Å²) in [6, 6.07) is 1.94. The first-order valence-corrected chi connectivity index (χ1v) is 7.60. The van der Waals surface area contributed by atoms with Crippen molar-refractivity contribution in [2.75, 3.05) is 18.6 Å². The van der Waals surface area contributed by atoms with Gasteiger partial charge < -0.3 is 15.0 Å². The van der Waals surface area contributed by atoms with Gasteiger partial charge in [0.15, 0.2) is 11.6 Å². The zero-order chi connectivity index (χ0) is 16.6. The lowest BCUT2D eigenvalue weighted by molar-refractivity contribution is -0.385. The molecular weight excluding hydrogens is 305 g/mol. The molecule has 124 valence electrons. The number of carbonyl (C=O) groups excluding carboxylic acids is 1. The van der Waals surface area contributed by atoms with Crippen molar-refractivity contribution < 1.29 is 18.8 Å². The van der Waals surface area contributed by atoms with Crippen LogP contribution in [0.25, 0.3) is 0 Å². The monoisotopic (exact) mass is 323 g/mol. The Labute approximate surface area is 132 Å². The molecule has 1 atom stereocenters. The average Bonchev–Trinajstić information content (AvgIpc) is 3.19. The first-order chi connectivity index (χ1) is 11.0. The second-order valence-corrected chi connectivity index (χ2v) is 5.87. The summed E-state index contributed by atoms with van der Waals surface area (Å²) >= 11 is 0. The van der Waals surface area contributed by atoms with Crippen LogP contribution in [0.3, 0.4) is 0 Å². The third-order valence-corrected chi connectivity index (χ3v) is 4.23. The number of amides is 1. The van der Waals surface area contributed by atoms with E-state index in [0.29, 0.717) is 13.0 Å².